The topological polar surface area (TPSA) is 15.9 Å². The average Bonchev–Trinajstić information content (AvgIpc) is 2.91. The van der Waals surface area contributed by atoms with Crippen LogP contribution in [-0.4, -0.2) is 0 Å². The maximum atomic E-state index is 3.50. The Morgan fingerprint density at radius 2 is 1.82 bits per heavy atom. The van der Waals surface area contributed by atoms with Crippen molar-refractivity contribution in [1.82, 2.24) is 5.32 Å². The number of thiazole rings is 1. The van der Waals surface area contributed by atoms with Crippen molar-refractivity contribution >= 4 is 27.6 Å². The van der Waals surface area contributed by atoms with Crippen LogP contribution in [0.3, 0.4) is 0 Å². The van der Waals surface area contributed by atoms with E-state index in [1.165, 1.54) is 26.5 Å². The number of allylic oxidation sites excluding steroid dienone is 1. The van der Waals surface area contributed by atoms with Gasteiger partial charge in [-0.05, 0) is 25.5 Å². The van der Waals surface area contributed by atoms with E-state index in [9.17, 15) is 0 Å². The van der Waals surface area contributed by atoms with E-state index in [-0.39, 0.29) is 0 Å². The van der Waals surface area contributed by atoms with Gasteiger partial charge < -0.3 is 5.32 Å². The van der Waals surface area contributed by atoms with Crippen molar-refractivity contribution in [3.63, 3.8) is 0 Å². The first-order valence-corrected chi connectivity index (χ1v) is 8.47. The summed E-state index contributed by atoms with van der Waals surface area (Å²) in [6.45, 7) is 6.18. The summed E-state index contributed by atoms with van der Waals surface area (Å²) < 4.78 is 3.71. The molecule has 0 aliphatic rings. The molecule has 0 saturated heterocycles. The van der Waals surface area contributed by atoms with Crippen molar-refractivity contribution in [2.75, 3.05) is 0 Å². The fraction of sp³-hybridized carbons (Fsp3) is 0.211. The average molecular weight is 309 g/mol. The summed E-state index contributed by atoms with van der Waals surface area (Å²) in [5, 5.41) is 4.79. The number of para-hydroxylation sites is 1. The largest absolute Gasteiger partial charge is 0.384 e. The number of aryl methyl sites for hydroxylation is 1. The monoisotopic (exact) mass is 309 g/mol. The molecule has 0 unspecified atom stereocenters. The fourth-order valence-corrected chi connectivity index (χ4v) is 3.79. The predicted octanol–water partition coefficient (Wildman–Crippen LogP) is 4.36. The maximum Gasteiger partial charge on any atom is 0.264 e. The Morgan fingerprint density at radius 1 is 1.09 bits per heavy atom. The molecule has 112 valence electrons. The molecule has 0 radical (unpaired) electrons. The molecule has 0 saturated carbocycles. The van der Waals surface area contributed by atoms with Gasteiger partial charge in [-0.15, -0.1) is 0 Å². The second kappa shape index (κ2) is 6.75. The lowest BCUT2D eigenvalue weighted by molar-refractivity contribution is -0.665. The molecule has 1 heterocycles. The van der Waals surface area contributed by atoms with E-state index in [0.717, 1.165) is 13.1 Å². The van der Waals surface area contributed by atoms with E-state index >= 15 is 0 Å². The summed E-state index contributed by atoms with van der Waals surface area (Å²) in [5.41, 5.74) is 3.81. The molecule has 3 aromatic rings. The Hall–Kier alpha value is -2.13. The quantitative estimate of drug-likeness (QED) is 0.693. The molecule has 0 spiro atoms. The van der Waals surface area contributed by atoms with Gasteiger partial charge in [0.2, 0.25) is 5.52 Å². The van der Waals surface area contributed by atoms with Crippen molar-refractivity contribution in [1.29, 1.82) is 0 Å². The van der Waals surface area contributed by atoms with Crippen LogP contribution in [0.15, 0.2) is 60.3 Å². The molecule has 0 atom stereocenters. The zero-order chi connectivity index (χ0) is 15.4. The fourth-order valence-electron chi connectivity index (χ4n) is 2.56. The minimum absolute atomic E-state index is 0.861. The van der Waals surface area contributed by atoms with E-state index in [1.807, 2.05) is 17.4 Å². The molecular weight excluding hydrogens is 288 g/mol. The molecule has 1 aromatic heterocycles. The molecule has 2 aromatic carbocycles. The summed E-state index contributed by atoms with van der Waals surface area (Å²) in [7, 11) is 0. The predicted molar refractivity (Wildman–Crippen MR) is 94.6 cm³/mol. The van der Waals surface area contributed by atoms with Crippen LogP contribution >= 0.6 is 11.3 Å². The van der Waals surface area contributed by atoms with Crippen molar-refractivity contribution in [2.45, 2.75) is 26.9 Å². The summed E-state index contributed by atoms with van der Waals surface area (Å²) in [4.78, 5) is 0. The SMILES string of the molecule is CC[n+]1c(C=C(C)NCc2ccccc2)sc2ccccc21. The molecule has 0 aliphatic heterocycles. The minimum atomic E-state index is 0.861. The van der Waals surface area contributed by atoms with E-state index in [2.05, 4.69) is 78.3 Å². The highest BCUT2D eigenvalue weighted by molar-refractivity contribution is 7.18. The molecule has 0 fully saturated rings. The third-order valence-corrected chi connectivity index (χ3v) is 4.82. The second-order valence-corrected chi connectivity index (χ2v) is 6.38. The van der Waals surface area contributed by atoms with Gasteiger partial charge >= 0.3 is 0 Å². The summed E-state index contributed by atoms with van der Waals surface area (Å²) in [6, 6.07) is 19.1. The first kappa shape index (κ1) is 14.8. The second-order valence-electron chi connectivity index (χ2n) is 5.32. The third-order valence-electron chi connectivity index (χ3n) is 3.71. The number of aromatic nitrogens is 1. The summed E-state index contributed by atoms with van der Waals surface area (Å²) in [6.07, 6.45) is 2.25. The molecule has 0 amide bonds. The number of benzene rings is 2. The Bertz CT molecular complexity index is 788. The van der Waals surface area contributed by atoms with Crippen LogP contribution in [0.2, 0.25) is 0 Å². The van der Waals surface area contributed by atoms with Crippen LogP contribution < -0.4 is 9.88 Å². The van der Waals surface area contributed by atoms with Gasteiger partial charge in [-0.1, -0.05) is 53.8 Å². The number of hydrogen-bond acceptors (Lipinski definition) is 2. The molecule has 3 heteroatoms. The highest BCUT2D eigenvalue weighted by atomic mass is 32.1. The number of fused-ring (bicyclic) bond motifs is 1. The number of nitrogens with zero attached hydrogens (tertiary/aromatic N) is 1. The molecule has 22 heavy (non-hydrogen) atoms. The van der Waals surface area contributed by atoms with Crippen LogP contribution in [0.4, 0.5) is 0 Å². The lowest BCUT2D eigenvalue weighted by Crippen LogP contribution is -2.33. The van der Waals surface area contributed by atoms with Crippen molar-refractivity contribution in [3.05, 3.63) is 70.9 Å². The van der Waals surface area contributed by atoms with Crippen molar-refractivity contribution < 1.29 is 4.57 Å². The Kier molecular flexibility index (Phi) is 4.54. The zero-order valence-electron chi connectivity index (χ0n) is 13.0. The molecule has 0 aliphatic carbocycles. The maximum absolute atomic E-state index is 3.50. The smallest absolute Gasteiger partial charge is 0.264 e. The lowest BCUT2D eigenvalue weighted by Gasteiger charge is -2.05. The first-order chi connectivity index (χ1) is 10.8. The van der Waals surface area contributed by atoms with Gasteiger partial charge in [0.15, 0.2) is 0 Å². The molecule has 2 nitrogen and oxygen atoms in total. The van der Waals surface area contributed by atoms with Gasteiger partial charge in [0.1, 0.15) is 11.2 Å². The molecule has 0 bridgehead atoms. The Morgan fingerprint density at radius 3 is 2.59 bits per heavy atom. The van der Waals surface area contributed by atoms with Gasteiger partial charge in [-0.2, -0.15) is 4.57 Å². The summed E-state index contributed by atoms with van der Waals surface area (Å²) in [5.74, 6) is 0. The van der Waals surface area contributed by atoms with Crippen LogP contribution in [0.25, 0.3) is 16.3 Å². The minimum Gasteiger partial charge on any atom is -0.384 e. The first-order valence-electron chi connectivity index (χ1n) is 7.65. The Labute approximate surface area is 135 Å². The van der Waals surface area contributed by atoms with E-state index < -0.39 is 0 Å². The van der Waals surface area contributed by atoms with Gasteiger partial charge in [0, 0.05) is 24.4 Å². The lowest BCUT2D eigenvalue weighted by atomic mass is 10.2. The molecule has 1 N–H and O–H groups in total. The van der Waals surface area contributed by atoms with Crippen molar-refractivity contribution in [2.24, 2.45) is 0 Å². The van der Waals surface area contributed by atoms with E-state index in [4.69, 9.17) is 0 Å². The van der Waals surface area contributed by atoms with Crippen LogP contribution in [-0.2, 0) is 13.1 Å². The van der Waals surface area contributed by atoms with Gasteiger partial charge in [-0.25, -0.2) is 0 Å². The van der Waals surface area contributed by atoms with Crippen molar-refractivity contribution in [3.8, 4) is 0 Å². The highest BCUT2D eigenvalue weighted by Gasteiger charge is 2.16. The normalized spacial score (nSPS) is 11.8. The van der Waals surface area contributed by atoms with Crippen LogP contribution in [0.5, 0.6) is 0 Å². The molecular formula is C19H21N2S+. The van der Waals surface area contributed by atoms with Gasteiger partial charge in [-0.3, -0.25) is 0 Å². The summed E-state index contributed by atoms with van der Waals surface area (Å²) >= 11 is 1.85. The third kappa shape index (κ3) is 3.20. The van der Waals surface area contributed by atoms with E-state index in [0.29, 0.717) is 0 Å². The van der Waals surface area contributed by atoms with Gasteiger partial charge in [0.25, 0.3) is 5.01 Å². The number of rotatable bonds is 5. The van der Waals surface area contributed by atoms with E-state index in [1.54, 1.807) is 0 Å². The standard InChI is InChI=1S/C19H20N2S/c1-3-21-17-11-7-8-12-18(17)22-19(21)13-15(2)20-14-16-9-5-4-6-10-16/h4-13H,3,14H2,1-2H3/p+1. The Balaban J connectivity index is 1.81. The zero-order valence-corrected chi connectivity index (χ0v) is 13.9. The van der Waals surface area contributed by atoms with Crippen LogP contribution in [0, 0.1) is 0 Å². The molecule has 3 rings (SSSR count). The number of hydrogen-bond donors (Lipinski definition) is 1. The van der Waals surface area contributed by atoms with Gasteiger partial charge in [0.05, 0.1) is 0 Å². The number of nitrogens with one attached hydrogen (secondary N) is 1. The highest BCUT2D eigenvalue weighted by Crippen LogP contribution is 2.21. The van der Waals surface area contributed by atoms with Crippen LogP contribution in [0.1, 0.15) is 24.4 Å².